The van der Waals surface area contributed by atoms with E-state index < -0.39 is 0 Å². The summed E-state index contributed by atoms with van der Waals surface area (Å²) in [5, 5.41) is 10.0. The molecule has 5 heteroatoms. The summed E-state index contributed by atoms with van der Waals surface area (Å²) in [6.45, 7) is 3.28. The van der Waals surface area contributed by atoms with Gasteiger partial charge in [-0.2, -0.15) is 0 Å². The van der Waals surface area contributed by atoms with Crippen molar-refractivity contribution in [3.05, 3.63) is 51.2 Å². The molecular formula is C17H20ClNO2S. The first-order valence-electron chi connectivity index (χ1n) is 7.56. The first kappa shape index (κ1) is 15.8. The Morgan fingerprint density at radius 3 is 2.77 bits per heavy atom. The van der Waals surface area contributed by atoms with E-state index in [0.717, 1.165) is 42.4 Å². The van der Waals surface area contributed by atoms with Gasteiger partial charge in [-0.15, -0.1) is 11.3 Å². The Kier molecular flexibility index (Phi) is 5.37. The van der Waals surface area contributed by atoms with E-state index in [0.29, 0.717) is 18.4 Å². The normalized spacial score (nSPS) is 18.2. The van der Waals surface area contributed by atoms with Gasteiger partial charge in [0.2, 0.25) is 0 Å². The number of rotatable bonds is 6. The molecule has 3 rings (SSSR count). The van der Waals surface area contributed by atoms with Crippen LogP contribution in [0.5, 0.6) is 5.75 Å². The lowest BCUT2D eigenvalue weighted by atomic mass is 10.1. The number of thiophene rings is 1. The van der Waals surface area contributed by atoms with Crippen molar-refractivity contribution in [2.24, 2.45) is 0 Å². The molecule has 1 aliphatic heterocycles. The molecule has 3 nitrogen and oxygen atoms in total. The molecule has 1 aromatic heterocycles. The van der Waals surface area contributed by atoms with Crippen LogP contribution in [0.2, 0.25) is 4.34 Å². The molecule has 1 aromatic carbocycles. The third-order valence-corrected chi connectivity index (χ3v) is 5.10. The average molecular weight is 338 g/mol. The van der Waals surface area contributed by atoms with Crippen LogP contribution in [0.4, 0.5) is 0 Å². The van der Waals surface area contributed by atoms with Crippen LogP contribution >= 0.6 is 22.9 Å². The quantitative estimate of drug-likeness (QED) is 0.853. The maximum Gasteiger partial charge on any atom is 0.120 e. The number of phenols is 1. The zero-order chi connectivity index (χ0) is 15.4. The highest BCUT2D eigenvalue weighted by Gasteiger charge is 2.20. The number of nitrogens with zero attached hydrogens (tertiary/aromatic N) is 1. The summed E-state index contributed by atoms with van der Waals surface area (Å²) in [5.74, 6) is 0.351. The van der Waals surface area contributed by atoms with E-state index in [1.54, 1.807) is 17.4 Å². The standard InChI is InChI=1S/C17H20ClNO2S/c18-17-8-7-15(22-17)12-19(11-14-5-3-9-21-14)10-13-4-1-2-6-16(13)20/h1-2,4,6-8,14,20H,3,5,9-12H2/t14-/m1/s1. The Morgan fingerprint density at radius 2 is 2.09 bits per heavy atom. The summed E-state index contributed by atoms with van der Waals surface area (Å²) in [4.78, 5) is 3.56. The minimum Gasteiger partial charge on any atom is -0.508 e. The van der Waals surface area contributed by atoms with Gasteiger partial charge in [-0.05, 0) is 31.0 Å². The Balaban J connectivity index is 1.71. The summed E-state index contributed by atoms with van der Waals surface area (Å²) in [5.41, 5.74) is 0.947. The van der Waals surface area contributed by atoms with Crippen LogP contribution < -0.4 is 0 Å². The molecule has 1 atom stereocenters. The number of ether oxygens (including phenoxy) is 1. The molecule has 0 spiro atoms. The molecule has 0 aliphatic carbocycles. The minimum absolute atomic E-state index is 0.293. The maximum absolute atomic E-state index is 10.0. The third-order valence-electron chi connectivity index (χ3n) is 3.88. The molecule has 0 bridgehead atoms. The molecule has 1 saturated heterocycles. The molecular weight excluding hydrogens is 318 g/mol. The number of phenolic OH excluding ortho intramolecular Hbond substituents is 1. The van der Waals surface area contributed by atoms with Gasteiger partial charge in [0.1, 0.15) is 5.75 Å². The van der Waals surface area contributed by atoms with Crippen LogP contribution in [0.15, 0.2) is 36.4 Å². The fourth-order valence-electron chi connectivity index (χ4n) is 2.80. The van der Waals surface area contributed by atoms with E-state index in [1.165, 1.54) is 4.88 Å². The monoisotopic (exact) mass is 337 g/mol. The van der Waals surface area contributed by atoms with E-state index in [4.69, 9.17) is 16.3 Å². The van der Waals surface area contributed by atoms with Crippen molar-refractivity contribution < 1.29 is 9.84 Å². The average Bonchev–Trinajstić information content (AvgIpc) is 3.13. The van der Waals surface area contributed by atoms with Crippen LogP contribution in [0.3, 0.4) is 0 Å². The summed E-state index contributed by atoms with van der Waals surface area (Å²) in [6, 6.07) is 11.5. The number of para-hydroxylation sites is 1. The van der Waals surface area contributed by atoms with E-state index in [-0.39, 0.29) is 0 Å². The van der Waals surface area contributed by atoms with Crippen molar-refractivity contribution in [1.29, 1.82) is 0 Å². The highest BCUT2D eigenvalue weighted by atomic mass is 35.5. The Morgan fingerprint density at radius 1 is 1.23 bits per heavy atom. The first-order chi connectivity index (χ1) is 10.7. The lowest BCUT2D eigenvalue weighted by Gasteiger charge is -2.25. The van der Waals surface area contributed by atoms with E-state index >= 15 is 0 Å². The van der Waals surface area contributed by atoms with Crippen LogP contribution in [0, 0.1) is 0 Å². The van der Waals surface area contributed by atoms with Gasteiger partial charge in [0.15, 0.2) is 0 Å². The zero-order valence-electron chi connectivity index (χ0n) is 12.4. The predicted molar refractivity (Wildman–Crippen MR) is 90.5 cm³/mol. The Hall–Kier alpha value is -1.07. The number of aromatic hydroxyl groups is 1. The van der Waals surface area contributed by atoms with Crippen molar-refractivity contribution in [3.63, 3.8) is 0 Å². The molecule has 22 heavy (non-hydrogen) atoms. The fourth-order valence-corrected chi connectivity index (χ4v) is 3.93. The van der Waals surface area contributed by atoms with Gasteiger partial charge in [0, 0.05) is 36.7 Å². The first-order valence-corrected chi connectivity index (χ1v) is 8.75. The Labute approximate surface area is 140 Å². The summed E-state index contributed by atoms with van der Waals surface area (Å²) < 4.78 is 6.58. The fraction of sp³-hybridized carbons (Fsp3) is 0.412. The highest BCUT2D eigenvalue weighted by Crippen LogP contribution is 2.26. The van der Waals surface area contributed by atoms with Crippen LogP contribution in [0.1, 0.15) is 23.3 Å². The van der Waals surface area contributed by atoms with E-state index in [9.17, 15) is 5.11 Å². The summed E-state index contributed by atoms with van der Waals surface area (Å²) in [7, 11) is 0. The topological polar surface area (TPSA) is 32.7 Å². The van der Waals surface area contributed by atoms with E-state index in [1.807, 2.05) is 24.3 Å². The summed E-state index contributed by atoms with van der Waals surface area (Å²) >= 11 is 7.64. The second-order valence-electron chi connectivity index (χ2n) is 5.64. The van der Waals surface area contributed by atoms with Gasteiger partial charge in [0.25, 0.3) is 0 Å². The molecule has 0 unspecified atom stereocenters. The van der Waals surface area contributed by atoms with Gasteiger partial charge < -0.3 is 9.84 Å². The maximum atomic E-state index is 10.0. The van der Waals surface area contributed by atoms with Gasteiger partial charge in [-0.3, -0.25) is 4.90 Å². The number of hydrogen-bond acceptors (Lipinski definition) is 4. The van der Waals surface area contributed by atoms with Crippen LogP contribution in [-0.4, -0.2) is 29.3 Å². The molecule has 118 valence electrons. The van der Waals surface area contributed by atoms with Crippen LogP contribution in [0.25, 0.3) is 0 Å². The van der Waals surface area contributed by atoms with Crippen molar-refractivity contribution >= 4 is 22.9 Å². The lowest BCUT2D eigenvalue weighted by Crippen LogP contribution is -2.31. The van der Waals surface area contributed by atoms with Gasteiger partial charge >= 0.3 is 0 Å². The van der Waals surface area contributed by atoms with Crippen molar-refractivity contribution in [1.82, 2.24) is 4.90 Å². The van der Waals surface area contributed by atoms with Crippen LogP contribution in [-0.2, 0) is 17.8 Å². The SMILES string of the molecule is Oc1ccccc1CN(Cc1ccc(Cl)s1)C[C@H]1CCCO1. The number of benzene rings is 1. The van der Waals surface area contributed by atoms with Gasteiger partial charge in [-0.1, -0.05) is 29.8 Å². The second-order valence-corrected chi connectivity index (χ2v) is 7.44. The molecule has 0 amide bonds. The molecule has 1 N–H and O–H groups in total. The smallest absolute Gasteiger partial charge is 0.120 e. The second kappa shape index (κ2) is 7.47. The molecule has 2 aromatic rings. The molecule has 0 saturated carbocycles. The summed E-state index contributed by atoms with van der Waals surface area (Å²) in [6.07, 6.45) is 2.55. The lowest BCUT2D eigenvalue weighted by molar-refractivity contribution is 0.0680. The third kappa shape index (κ3) is 4.23. The van der Waals surface area contributed by atoms with Gasteiger partial charge in [-0.25, -0.2) is 0 Å². The molecule has 1 fully saturated rings. The van der Waals surface area contributed by atoms with Crippen molar-refractivity contribution in [2.75, 3.05) is 13.2 Å². The predicted octanol–water partition coefficient (Wildman–Crippen LogP) is 4.29. The molecule has 0 radical (unpaired) electrons. The van der Waals surface area contributed by atoms with Gasteiger partial charge in [0.05, 0.1) is 10.4 Å². The van der Waals surface area contributed by atoms with Crippen molar-refractivity contribution in [3.8, 4) is 5.75 Å². The minimum atomic E-state index is 0.293. The van der Waals surface area contributed by atoms with E-state index in [2.05, 4.69) is 11.0 Å². The molecule has 2 heterocycles. The largest absolute Gasteiger partial charge is 0.508 e. The Bertz CT molecular complexity index is 610. The molecule has 1 aliphatic rings. The zero-order valence-corrected chi connectivity index (χ0v) is 13.9. The number of halogens is 1. The number of hydrogen-bond donors (Lipinski definition) is 1. The highest BCUT2D eigenvalue weighted by molar-refractivity contribution is 7.16. The van der Waals surface area contributed by atoms with Crippen molar-refractivity contribution in [2.45, 2.75) is 32.0 Å².